The Morgan fingerprint density at radius 3 is 2.39 bits per heavy atom. The quantitative estimate of drug-likeness (QED) is 0.611. The van der Waals surface area contributed by atoms with Crippen molar-refractivity contribution in [3.63, 3.8) is 0 Å². The summed E-state index contributed by atoms with van der Waals surface area (Å²) in [6.07, 6.45) is 9.18. The van der Waals surface area contributed by atoms with Crippen molar-refractivity contribution in [2.45, 2.75) is 82.7 Å². The number of halogens is 1. The van der Waals surface area contributed by atoms with E-state index in [0.717, 1.165) is 80.2 Å². The number of carbonyl (C=O) groups excluding carboxylic acids is 3. The topological polar surface area (TPSA) is 103 Å². The minimum atomic E-state index is -0.585. The highest BCUT2D eigenvalue weighted by Crippen LogP contribution is 2.34. The number of Topliss-reactive ketones (excluding diaryl/α,β-unsaturated/α-hetero) is 1. The van der Waals surface area contributed by atoms with Gasteiger partial charge in [-0.05, 0) is 68.2 Å². The number of ketones is 1. The van der Waals surface area contributed by atoms with Gasteiger partial charge in [-0.15, -0.1) is 0 Å². The first-order chi connectivity index (χ1) is 18.4. The van der Waals surface area contributed by atoms with Gasteiger partial charge >= 0.3 is 0 Å². The molecule has 2 amide bonds. The first kappa shape index (κ1) is 24.9. The Labute approximate surface area is 220 Å². The maximum absolute atomic E-state index is 14.9. The van der Waals surface area contributed by atoms with Crippen LogP contribution in [0.25, 0.3) is 0 Å². The molecule has 1 saturated carbocycles. The zero-order valence-electron chi connectivity index (χ0n) is 21.5. The molecule has 8 nitrogen and oxygen atoms in total. The van der Waals surface area contributed by atoms with Crippen LogP contribution in [0.3, 0.4) is 0 Å². The standard InChI is InChI=1S/C29H33FN4O4/c30-24-11-10-17(13-25-21-8-4-5-9-22(21)27(36)32-31-25)12-23(24)28(37)33-15-20-14-19(33)16-34(20)29(38)26(35)18-6-2-1-3-7-18/h10-12,18-20H,1-9,13-16H2,(H,32,36)/t19-,20+/m0/s1. The van der Waals surface area contributed by atoms with Crippen LogP contribution in [0, 0.1) is 11.7 Å². The van der Waals surface area contributed by atoms with Gasteiger partial charge < -0.3 is 9.80 Å². The smallest absolute Gasteiger partial charge is 0.290 e. The van der Waals surface area contributed by atoms with Crippen LogP contribution in [-0.2, 0) is 28.9 Å². The van der Waals surface area contributed by atoms with Gasteiger partial charge in [0.1, 0.15) is 5.82 Å². The zero-order valence-corrected chi connectivity index (χ0v) is 21.5. The number of aromatic amines is 1. The molecule has 0 unspecified atom stereocenters. The maximum atomic E-state index is 14.9. The third-order valence-electron chi connectivity index (χ3n) is 8.96. The highest BCUT2D eigenvalue weighted by atomic mass is 19.1. The minimum Gasteiger partial charge on any atom is -0.332 e. The first-order valence-electron chi connectivity index (χ1n) is 13.9. The average Bonchev–Trinajstić information content (AvgIpc) is 3.56. The fourth-order valence-corrected chi connectivity index (χ4v) is 6.91. The molecule has 2 atom stereocenters. The molecule has 3 fully saturated rings. The second kappa shape index (κ2) is 10.1. The van der Waals surface area contributed by atoms with Crippen LogP contribution in [-0.4, -0.2) is 62.8 Å². The molecule has 3 heterocycles. The van der Waals surface area contributed by atoms with E-state index >= 15 is 0 Å². The molecule has 0 spiro atoms. The van der Waals surface area contributed by atoms with Gasteiger partial charge in [0.25, 0.3) is 17.4 Å². The molecule has 0 radical (unpaired) electrons. The third-order valence-corrected chi connectivity index (χ3v) is 8.96. The van der Waals surface area contributed by atoms with E-state index in [9.17, 15) is 23.6 Å². The van der Waals surface area contributed by atoms with Gasteiger partial charge in [0.15, 0.2) is 0 Å². The van der Waals surface area contributed by atoms with Gasteiger partial charge in [0.2, 0.25) is 5.78 Å². The molecular formula is C29H33FN4O4. The largest absolute Gasteiger partial charge is 0.332 e. The fraction of sp³-hybridized carbons (Fsp3) is 0.552. The molecule has 2 aromatic rings. The van der Waals surface area contributed by atoms with E-state index in [1.807, 2.05) is 0 Å². The van der Waals surface area contributed by atoms with Gasteiger partial charge in [0.05, 0.1) is 23.3 Å². The summed E-state index contributed by atoms with van der Waals surface area (Å²) in [5.41, 5.74) is 3.14. The lowest BCUT2D eigenvalue weighted by atomic mass is 9.85. The number of carbonyl (C=O) groups is 3. The van der Waals surface area contributed by atoms with E-state index in [4.69, 9.17) is 0 Å². The lowest BCUT2D eigenvalue weighted by molar-refractivity contribution is -0.148. The number of nitrogens with zero attached hydrogens (tertiary/aromatic N) is 3. The minimum absolute atomic E-state index is 0.00417. The van der Waals surface area contributed by atoms with Crippen LogP contribution in [0.1, 0.15) is 84.1 Å². The molecule has 4 aliphatic rings. The van der Waals surface area contributed by atoms with E-state index in [-0.39, 0.29) is 40.8 Å². The molecule has 2 bridgehead atoms. The first-order valence-corrected chi connectivity index (χ1v) is 13.9. The Kier molecular flexibility index (Phi) is 6.61. The Morgan fingerprint density at radius 2 is 1.66 bits per heavy atom. The Hall–Kier alpha value is -3.36. The molecule has 2 aliphatic carbocycles. The molecule has 200 valence electrons. The lowest BCUT2D eigenvalue weighted by Gasteiger charge is -2.35. The van der Waals surface area contributed by atoms with Gasteiger partial charge in [-0.25, -0.2) is 9.49 Å². The number of hydrogen-bond acceptors (Lipinski definition) is 5. The predicted octanol–water partition coefficient (Wildman–Crippen LogP) is 2.95. The number of benzene rings is 1. The van der Waals surface area contributed by atoms with Crippen molar-refractivity contribution >= 4 is 17.6 Å². The van der Waals surface area contributed by atoms with Crippen LogP contribution in [0.15, 0.2) is 23.0 Å². The zero-order chi connectivity index (χ0) is 26.4. The van der Waals surface area contributed by atoms with Gasteiger partial charge in [-0.2, -0.15) is 5.10 Å². The van der Waals surface area contributed by atoms with Gasteiger partial charge in [-0.1, -0.05) is 25.3 Å². The third kappa shape index (κ3) is 4.46. The number of H-pyrrole nitrogens is 1. The Morgan fingerprint density at radius 1 is 0.947 bits per heavy atom. The van der Waals surface area contributed by atoms with Crippen LogP contribution < -0.4 is 5.56 Å². The summed E-state index contributed by atoms with van der Waals surface area (Å²) in [5.74, 6) is -1.85. The van der Waals surface area contributed by atoms with Crippen molar-refractivity contribution in [2.75, 3.05) is 13.1 Å². The van der Waals surface area contributed by atoms with E-state index in [1.165, 1.54) is 6.07 Å². The molecule has 1 aromatic heterocycles. The van der Waals surface area contributed by atoms with Crippen molar-refractivity contribution < 1.29 is 18.8 Å². The van der Waals surface area contributed by atoms with Gasteiger partial charge in [-0.3, -0.25) is 19.2 Å². The SMILES string of the molecule is O=C(C(=O)N1C[C@@H]2C[C@@H]1CN2C(=O)c1cc(Cc2n[nH]c(=O)c3c2CCCC3)ccc1F)C1CCCCC1. The summed E-state index contributed by atoms with van der Waals surface area (Å²) >= 11 is 0. The van der Waals surface area contributed by atoms with Crippen LogP contribution in [0.2, 0.25) is 0 Å². The van der Waals surface area contributed by atoms with Crippen LogP contribution >= 0.6 is 0 Å². The fourth-order valence-electron chi connectivity index (χ4n) is 6.91. The van der Waals surface area contributed by atoms with Crippen LogP contribution in [0.4, 0.5) is 4.39 Å². The number of hydrogen-bond donors (Lipinski definition) is 1. The van der Waals surface area contributed by atoms with Gasteiger partial charge in [0, 0.05) is 31.0 Å². The summed E-state index contributed by atoms with van der Waals surface area (Å²) in [5, 5.41) is 6.86. The Balaban J connectivity index is 1.16. The summed E-state index contributed by atoms with van der Waals surface area (Å²) in [6, 6.07) is 4.13. The highest BCUT2D eigenvalue weighted by Gasteiger charge is 2.49. The average molecular weight is 521 g/mol. The van der Waals surface area contributed by atoms with Crippen molar-refractivity contribution in [2.24, 2.45) is 5.92 Å². The van der Waals surface area contributed by atoms with E-state index in [2.05, 4.69) is 10.2 Å². The number of aromatic nitrogens is 2. The summed E-state index contributed by atoms with van der Waals surface area (Å²) < 4.78 is 14.9. The van der Waals surface area contributed by atoms with E-state index in [0.29, 0.717) is 25.9 Å². The monoisotopic (exact) mass is 520 g/mol. The van der Waals surface area contributed by atoms with Crippen molar-refractivity contribution in [3.05, 3.63) is 62.3 Å². The maximum Gasteiger partial charge on any atom is 0.290 e. The van der Waals surface area contributed by atoms with E-state index in [1.54, 1.807) is 21.9 Å². The number of nitrogens with one attached hydrogen (secondary N) is 1. The Bertz CT molecular complexity index is 1350. The lowest BCUT2D eigenvalue weighted by Crippen LogP contribution is -2.53. The molecular weight excluding hydrogens is 487 g/mol. The highest BCUT2D eigenvalue weighted by molar-refractivity contribution is 6.37. The summed E-state index contributed by atoms with van der Waals surface area (Å²) in [7, 11) is 0. The molecule has 1 aromatic carbocycles. The number of fused-ring (bicyclic) bond motifs is 3. The van der Waals surface area contributed by atoms with Crippen molar-refractivity contribution in [3.8, 4) is 0 Å². The summed E-state index contributed by atoms with van der Waals surface area (Å²) in [6.45, 7) is 0.633. The number of piperazine rings is 1. The van der Waals surface area contributed by atoms with E-state index < -0.39 is 11.7 Å². The number of amides is 2. The van der Waals surface area contributed by atoms with Crippen LogP contribution in [0.5, 0.6) is 0 Å². The normalized spacial score (nSPS) is 23.0. The van der Waals surface area contributed by atoms with Crippen molar-refractivity contribution in [1.29, 1.82) is 0 Å². The molecule has 1 N–H and O–H groups in total. The predicted molar refractivity (Wildman–Crippen MR) is 137 cm³/mol. The van der Waals surface area contributed by atoms with Crippen molar-refractivity contribution in [1.82, 2.24) is 20.0 Å². The number of likely N-dealkylation sites (tertiary alicyclic amines) is 2. The number of rotatable bonds is 5. The molecule has 2 aliphatic heterocycles. The summed E-state index contributed by atoms with van der Waals surface area (Å²) in [4.78, 5) is 54.7. The molecule has 38 heavy (non-hydrogen) atoms. The second-order valence-corrected chi connectivity index (χ2v) is 11.3. The molecule has 9 heteroatoms. The molecule has 6 rings (SSSR count). The molecule has 2 saturated heterocycles. The second-order valence-electron chi connectivity index (χ2n) is 11.3.